The number of hydrogen-bond acceptors (Lipinski definition) is 20. The van der Waals surface area contributed by atoms with Crippen LogP contribution in [0.1, 0.15) is 199 Å². The molecule has 0 spiro atoms. The summed E-state index contributed by atoms with van der Waals surface area (Å²) < 4.78 is 61.3. The van der Waals surface area contributed by atoms with Crippen LogP contribution in [0.2, 0.25) is 0 Å². The minimum atomic E-state index is -1.16. The van der Waals surface area contributed by atoms with E-state index >= 15 is 0 Å². The van der Waals surface area contributed by atoms with Gasteiger partial charge >= 0.3 is 11.9 Å². The quantitative estimate of drug-likeness (QED) is 0.0527. The maximum Gasteiger partial charge on any atom is 0.331 e. The second kappa shape index (κ2) is 43.1. The Morgan fingerprint density at radius 1 is 0.449 bits per heavy atom. The molecule has 0 aromatic heterocycles. The van der Waals surface area contributed by atoms with Crippen LogP contribution < -0.4 is 0 Å². The summed E-state index contributed by atoms with van der Waals surface area (Å²) in [6, 6.07) is 0. The smallest absolute Gasteiger partial charge is 0.331 e. The molecular weight excluding hydrogens is 1260 g/mol. The highest BCUT2D eigenvalue weighted by atomic mass is 16.6. The van der Waals surface area contributed by atoms with Gasteiger partial charge in [0.1, 0.15) is 12.2 Å². The largest absolute Gasteiger partial charge is 0.458 e. The van der Waals surface area contributed by atoms with E-state index in [0.29, 0.717) is 62.5 Å². The summed E-state index contributed by atoms with van der Waals surface area (Å²) in [7, 11) is 6.58. The average Bonchev–Trinajstić information content (AvgIpc) is 0.853. The van der Waals surface area contributed by atoms with Crippen molar-refractivity contribution in [2.24, 2.45) is 47.3 Å². The second-order valence-electron chi connectivity index (χ2n) is 30.3. The maximum atomic E-state index is 13.9. The third kappa shape index (κ3) is 28.1. The predicted octanol–water partition coefficient (Wildman–Crippen LogP) is 10.1. The van der Waals surface area contributed by atoms with Gasteiger partial charge < -0.3 is 88.2 Å². The summed E-state index contributed by atoms with van der Waals surface area (Å²) in [5.74, 6) is -5.50. The van der Waals surface area contributed by atoms with Crippen molar-refractivity contribution in [2.75, 3.05) is 28.4 Å². The first-order valence-corrected chi connectivity index (χ1v) is 37.1. The summed E-state index contributed by atoms with van der Waals surface area (Å²) >= 11 is 0. The molecule has 0 amide bonds. The highest BCUT2D eigenvalue weighted by molar-refractivity contribution is 5.83. The molecule has 5 rings (SSSR count). The monoisotopic (exact) mass is 1390 g/mol. The van der Waals surface area contributed by atoms with Gasteiger partial charge in [0, 0.05) is 102 Å². The number of carbonyl (C=O) groups excluding carboxylic acids is 2. The molecule has 20 heteroatoms. The number of aliphatic hydroxyl groups is 8. The van der Waals surface area contributed by atoms with Crippen molar-refractivity contribution in [3.05, 3.63) is 71.9 Å². The van der Waals surface area contributed by atoms with Gasteiger partial charge in [-0.15, -0.1) is 0 Å². The van der Waals surface area contributed by atoms with E-state index in [1.54, 1.807) is 54.4 Å². The molecule has 98 heavy (non-hydrogen) atoms. The van der Waals surface area contributed by atoms with Gasteiger partial charge in [-0.05, 0) is 129 Å². The Morgan fingerprint density at radius 3 is 1.15 bits per heavy atom. The van der Waals surface area contributed by atoms with Gasteiger partial charge in [0.15, 0.2) is 0 Å². The van der Waals surface area contributed by atoms with Gasteiger partial charge in [-0.1, -0.05) is 115 Å². The Hall–Kier alpha value is -3.26. The number of aliphatic hydroxyl groups excluding tert-OH is 8. The van der Waals surface area contributed by atoms with E-state index < -0.39 is 133 Å². The van der Waals surface area contributed by atoms with Crippen LogP contribution in [-0.2, 0) is 57.0 Å². The molecule has 8 N–H and O–H groups in total. The van der Waals surface area contributed by atoms with E-state index in [0.717, 1.165) is 25.7 Å². The average molecular weight is 1390 g/mol. The van der Waals surface area contributed by atoms with Crippen LogP contribution in [0.25, 0.3) is 0 Å². The van der Waals surface area contributed by atoms with Crippen LogP contribution in [0, 0.1) is 47.3 Å². The van der Waals surface area contributed by atoms with E-state index in [9.17, 15) is 50.4 Å². The molecular formula is C78H132O20. The fourth-order valence-electron chi connectivity index (χ4n) is 15.3. The van der Waals surface area contributed by atoms with Crippen molar-refractivity contribution >= 4 is 11.9 Å². The Kier molecular flexibility index (Phi) is 37.6. The Labute approximate surface area is 587 Å². The molecule has 5 aliphatic heterocycles. The lowest BCUT2D eigenvalue weighted by atomic mass is 9.78. The van der Waals surface area contributed by atoms with E-state index in [4.69, 9.17) is 47.4 Å². The number of hydrogen-bond donors (Lipinski definition) is 8. The van der Waals surface area contributed by atoms with Crippen LogP contribution in [0.15, 0.2) is 71.9 Å². The van der Waals surface area contributed by atoms with Crippen molar-refractivity contribution in [1.82, 2.24) is 0 Å². The van der Waals surface area contributed by atoms with Crippen LogP contribution >= 0.6 is 0 Å². The molecule has 30 atom stereocenters. The number of rotatable bonds is 16. The molecule has 564 valence electrons. The number of carbonyl (C=O) groups is 2. The van der Waals surface area contributed by atoms with E-state index in [1.807, 2.05) is 106 Å². The Bertz CT molecular complexity index is 2320. The molecule has 5 aliphatic rings. The van der Waals surface area contributed by atoms with E-state index in [2.05, 4.69) is 0 Å². The summed E-state index contributed by atoms with van der Waals surface area (Å²) in [6.45, 7) is 22.5. The van der Waals surface area contributed by atoms with Crippen LogP contribution in [0.4, 0.5) is 0 Å². The van der Waals surface area contributed by atoms with Gasteiger partial charge in [-0.25, -0.2) is 9.59 Å². The van der Waals surface area contributed by atoms with Crippen LogP contribution in [-0.4, -0.2) is 216 Å². The lowest BCUT2D eigenvalue weighted by Gasteiger charge is -2.38. The lowest BCUT2D eigenvalue weighted by molar-refractivity contribution is -0.158. The molecule has 2 unspecified atom stereocenters. The zero-order chi connectivity index (χ0) is 72.5. The van der Waals surface area contributed by atoms with Crippen molar-refractivity contribution < 1.29 is 97.8 Å². The maximum absolute atomic E-state index is 13.9. The fourth-order valence-corrected chi connectivity index (χ4v) is 15.3. The SMILES string of the molecule is CO[C@H]1C[C@H](CC[C@H](C)[C@H](O)[C@H](C)C2OC(=O)C=CC(C)=CC[C@H](O)C[C@@H]3C=CC[C@@H](C[C@H](OC)[C@@H](C)[C@@H](O)C[C@@H](O)[C@H](C)C([C@@H](C)[C@@H](O)[C@@H](C)CC[C@H]4C[C@H](OC)C[C@H](C)O4)OC(=O)C=CC(C)=CC[C@H](O)C[C@@H]4C=CC[C@@H](C[C@H](OC)[C@@H](C)[C@@H](O)C[C@@H](O)[C@@H]2C)O4)O3)O[C@@H](C)C1. The number of methoxy groups -OCH3 is 4. The Balaban J connectivity index is 1.36. The first-order valence-electron chi connectivity index (χ1n) is 37.1. The van der Waals surface area contributed by atoms with E-state index in [-0.39, 0.29) is 99.2 Å². The fraction of sp³-hybridized carbons (Fsp3) is 0.821. The Morgan fingerprint density at radius 2 is 0.806 bits per heavy atom. The molecule has 20 nitrogen and oxygen atoms in total. The molecule has 0 aromatic rings. The minimum Gasteiger partial charge on any atom is -0.458 e. The second-order valence-corrected chi connectivity index (χ2v) is 30.3. The highest BCUT2D eigenvalue weighted by Gasteiger charge is 2.42. The number of esters is 2. The molecule has 0 aromatic carbocycles. The molecule has 0 saturated carbocycles. The third-order valence-corrected chi connectivity index (χ3v) is 22.3. The molecule has 2 saturated heterocycles. The van der Waals surface area contributed by atoms with E-state index in [1.165, 1.54) is 12.2 Å². The van der Waals surface area contributed by atoms with Crippen molar-refractivity contribution in [2.45, 2.75) is 333 Å². The van der Waals surface area contributed by atoms with Crippen molar-refractivity contribution in [3.8, 4) is 0 Å². The zero-order valence-corrected chi connectivity index (χ0v) is 62.3. The van der Waals surface area contributed by atoms with Crippen LogP contribution in [0.3, 0.4) is 0 Å². The highest BCUT2D eigenvalue weighted by Crippen LogP contribution is 2.37. The molecule has 5 heterocycles. The number of fused-ring (bicyclic) bond motifs is 4. The predicted molar refractivity (Wildman–Crippen MR) is 377 cm³/mol. The topological polar surface area (TPSA) is 288 Å². The number of cyclic esters (lactones) is 2. The molecule has 0 radical (unpaired) electrons. The lowest BCUT2D eigenvalue weighted by Crippen LogP contribution is -2.45. The number of ether oxygens (including phenoxy) is 10. The first-order chi connectivity index (χ1) is 46.4. The van der Waals surface area contributed by atoms with Gasteiger partial charge in [-0.3, -0.25) is 0 Å². The molecule has 2 fully saturated rings. The molecule has 4 bridgehead atoms. The minimum absolute atomic E-state index is 0.0293. The van der Waals surface area contributed by atoms with Crippen LogP contribution in [0.5, 0.6) is 0 Å². The van der Waals surface area contributed by atoms with Gasteiger partial charge in [-0.2, -0.15) is 0 Å². The van der Waals surface area contributed by atoms with Gasteiger partial charge in [0.25, 0.3) is 0 Å². The normalized spacial score (nSPS) is 39.3. The van der Waals surface area contributed by atoms with Crippen molar-refractivity contribution in [3.63, 3.8) is 0 Å². The zero-order valence-electron chi connectivity index (χ0n) is 62.3. The summed E-state index contributed by atoms with van der Waals surface area (Å²) in [5.41, 5.74) is 1.39. The summed E-state index contributed by atoms with van der Waals surface area (Å²) in [4.78, 5) is 27.8. The first kappa shape index (κ1) is 85.4. The third-order valence-electron chi connectivity index (χ3n) is 22.3. The summed E-state index contributed by atoms with van der Waals surface area (Å²) in [5, 5.41) is 94.4. The van der Waals surface area contributed by atoms with Gasteiger partial charge in [0.2, 0.25) is 0 Å². The summed E-state index contributed by atoms with van der Waals surface area (Å²) in [6.07, 6.45) is 14.1. The van der Waals surface area contributed by atoms with Gasteiger partial charge in [0.05, 0.1) is 122 Å². The molecule has 0 aliphatic carbocycles. The number of allylic oxidation sites excluding steroid dienone is 4. The standard InChI is InChI=1S/C78H132O20/c1-45-23-29-57(79)37-59-19-17-21-61(95-59)41-71(91-15)52(8)68(82)44-70(84)54(10)78(56(12)76(88)48(4)28-32-64-40-66(90-14)36-50(6)94-64)98-74(86)34-26-46(2)24-30-58(80)38-60-20-18-22-62(96-60)42-72(92-16)51(7)67(81)43-69(83)53(9)77(97-73(85)33-25-45)55(11)75(87)47(3)27-31-63-39-65(89-13)35-49(5)93-63/h17-20,23-26,33-34,47-72,75-84,87-88H,21-22,27-32,35-44H2,1-16H3/t47-,48-,49-,50-,51-,52-,53-,54-,55-,56-,57-,58-,59-,60-,61-,62-,63-,64-,65+,66+,67-,68-,69+,70+,71-,72-,75-,76-,77?,78?/m0/s1. The van der Waals surface area contributed by atoms with Crippen molar-refractivity contribution in [1.29, 1.82) is 0 Å².